The largest absolute Gasteiger partial charge is 0.490 e. The van der Waals surface area contributed by atoms with E-state index in [0.29, 0.717) is 17.0 Å². The average molecular weight is 355 g/mol. The van der Waals surface area contributed by atoms with Crippen LogP contribution in [0, 0.1) is 5.92 Å². The van der Waals surface area contributed by atoms with E-state index in [0.717, 1.165) is 12.8 Å². The lowest BCUT2D eigenvalue weighted by Crippen LogP contribution is -2.21. The van der Waals surface area contributed by atoms with Crippen LogP contribution >= 0.6 is 27.5 Å². The predicted molar refractivity (Wildman–Crippen MR) is 73.4 cm³/mol. The summed E-state index contributed by atoms with van der Waals surface area (Å²) in [6.45, 7) is 0.476. The van der Waals surface area contributed by atoms with Crippen LogP contribution in [-0.2, 0) is 10.0 Å². The zero-order chi connectivity index (χ0) is 13.3. The van der Waals surface area contributed by atoms with E-state index in [-0.39, 0.29) is 15.7 Å². The lowest BCUT2D eigenvalue weighted by atomic mass is 9.86. The van der Waals surface area contributed by atoms with Crippen molar-refractivity contribution in [1.82, 2.24) is 0 Å². The number of hydrogen-bond donors (Lipinski definition) is 1. The predicted octanol–water partition coefficient (Wildman–Crippen LogP) is 2.93. The molecule has 0 atom stereocenters. The Hall–Kier alpha value is -0.300. The first-order valence-electron chi connectivity index (χ1n) is 5.52. The Morgan fingerprint density at radius 2 is 2.11 bits per heavy atom. The zero-order valence-corrected chi connectivity index (χ0v) is 12.7. The van der Waals surface area contributed by atoms with Gasteiger partial charge >= 0.3 is 0 Å². The average Bonchev–Trinajstić information content (AvgIpc) is 2.16. The minimum Gasteiger partial charge on any atom is -0.490 e. The highest BCUT2D eigenvalue weighted by molar-refractivity contribution is 9.10. The Morgan fingerprint density at radius 1 is 1.44 bits per heavy atom. The third-order valence-corrected chi connectivity index (χ3v) is 4.62. The zero-order valence-electron chi connectivity index (χ0n) is 9.53. The van der Waals surface area contributed by atoms with Gasteiger partial charge in [0.25, 0.3) is 0 Å². The Morgan fingerprint density at radius 3 is 2.61 bits per heavy atom. The molecular weight excluding hydrogens is 342 g/mol. The van der Waals surface area contributed by atoms with E-state index in [1.807, 2.05) is 0 Å². The van der Waals surface area contributed by atoms with Crippen LogP contribution in [0.15, 0.2) is 21.5 Å². The van der Waals surface area contributed by atoms with Gasteiger partial charge in [-0.25, -0.2) is 13.6 Å². The first kappa shape index (κ1) is 14.1. The molecule has 1 aliphatic carbocycles. The van der Waals surface area contributed by atoms with E-state index in [1.54, 1.807) is 6.07 Å². The molecule has 0 aliphatic heterocycles. The summed E-state index contributed by atoms with van der Waals surface area (Å²) < 4.78 is 29.1. The van der Waals surface area contributed by atoms with Crippen molar-refractivity contribution >= 4 is 37.6 Å². The molecule has 1 aliphatic rings. The Bertz CT molecular complexity index is 558. The number of benzene rings is 1. The third kappa shape index (κ3) is 3.17. The molecule has 7 heteroatoms. The molecule has 1 aromatic carbocycles. The third-order valence-electron chi connectivity index (χ3n) is 2.97. The van der Waals surface area contributed by atoms with Crippen molar-refractivity contribution in [1.29, 1.82) is 0 Å². The minimum absolute atomic E-state index is 0.0822. The van der Waals surface area contributed by atoms with Crippen molar-refractivity contribution in [3.8, 4) is 5.75 Å². The van der Waals surface area contributed by atoms with Crippen molar-refractivity contribution in [2.45, 2.75) is 24.2 Å². The van der Waals surface area contributed by atoms with Crippen molar-refractivity contribution < 1.29 is 13.2 Å². The van der Waals surface area contributed by atoms with E-state index in [4.69, 9.17) is 21.5 Å². The second-order valence-corrected chi connectivity index (χ2v) is 7.22. The number of hydrogen-bond acceptors (Lipinski definition) is 3. The molecule has 0 bridgehead atoms. The molecule has 1 saturated carbocycles. The monoisotopic (exact) mass is 353 g/mol. The highest BCUT2D eigenvalue weighted by Gasteiger charge is 2.23. The molecule has 0 spiro atoms. The summed E-state index contributed by atoms with van der Waals surface area (Å²) in [5.74, 6) is 0.632. The van der Waals surface area contributed by atoms with E-state index in [2.05, 4.69) is 15.9 Å². The molecule has 0 amide bonds. The summed E-state index contributed by atoms with van der Waals surface area (Å²) in [6, 6.07) is 2.99. The molecule has 2 rings (SSSR count). The number of halogens is 2. The number of sulfonamides is 1. The van der Waals surface area contributed by atoms with Gasteiger partial charge < -0.3 is 4.74 Å². The Balaban J connectivity index is 2.31. The molecule has 0 unspecified atom stereocenters. The van der Waals surface area contributed by atoms with Crippen LogP contribution in [0.2, 0.25) is 5.02 Å². The second-order valence-electron chi connectivity index (χ2n) is 4.37. The lowest BCUT2D eigenvalue weighted by molar-refractivity contribution is 0.177. The fourth-order valence-corrected chi connectivity index (χ4v) is 3.54. The van der Waals surface area contributed by atoms with Gasteiger partial charge in [0.15, 0.2) is 5.75 Å². The fraction of sp³-hybridized carbons (Fsp3) is 0.455. The van der Waals surface area contributed by atoms with Crippen LogP contribution in [0.25, 0.3) is 0 Å². The van der Waals surface area contributed by atoms with Crippen molar-refractivity contribution in [3.05, 3.63) is 21.6 Å². The van der Waals surface area contributed by atoms with Gasteiger partial charge in [-0.3, -0.25) is 0 Å². The molecule has 0 radical (unpaired) electrons. The molecule has 1 fully saturated rings. The van der Waals surface area contributed by atoms with Crippen molar-refractivity contribution in [2.75, 3.05) is 6.61 Å². The molecule has 0 aromatic heterocycles. The van der Waals surface area contributed by atoms with Gasteiger partial charge in [-0.05, 0) is 30.9 Å². The summed E-state index contributed by atoms with van der Waals surface area (Å²) in [7, 11) is -3.85. The van der Waals surface area contributed by atoms with Crippen LogP contribution in [0.4, 0.5) is 0 Å². The maximum absolute atomic E-state index is 11.5. The van der Waals surface area contributed by atoms with Gasteiger partial charge in [0.1, 0.15) is 4.90 Å². The molecular formula is C11H13BrClNO3S. The van der Waals surface area contributed by atoms with E-state index in [9.17, 15) is 8.42 Å². The number of ether oxygens (including phenoxy) is 1. The lowest BCUT2D eigenvalue weighted by Gasteiger charge is -2.25. The first-order valence-corrected chi connectivity index (χ1v) is 8.24. The normalized spacial score (nSPS) is 16.4. The SMILES string of the molecule is NS(=O)(=O)c1cc(Br)cc(Cl)c1OCC1CCC1. The summed E-state index contributed by atoms with van der Waals surface area (Å²) in [4.78, 5) is -0.0822. The van der Waals surface area contributed by atoms with Crippen LogP contribution in [-0.4, -0.2) is 15.0 Å². The van der Waals surface area contributed by atoms with Gasteiger partial charge in [0, 0.05) is 4.47 Å². The minimum atomic E-state index is -3.85. The summed E-state index contributed by atoms with van der Waals surface area (Å²) in [6.07, 6.45) is 3.42. The second kappa shape index (κ2) is 5.36. The molecule has 0 heterocycles. The highest BCUT2D eigenvalue weighted by Crippen LogP contribution is 2.36. The van der Waals surface area contributed by atoms with Gasteiger partial charge in [0.2, 0.25) is 10.0 Å². The van der Waals surface area contributed by atoms with Gasteiger partial charge in [-0.15, -0.1) is 0 Å². The maximum Gasteiger partial charge on any atom is 0.241 e. The molecule has 1 aromatic rings. The summed E-state index contributed by atoms with van der Waals surface area (Å²) >= 11 is 9.19. The quantitative estimate of drug-likeness (QED) is 0.904. The van der Waals surface area contributed by atoms with Crippen LogP contribution in [0.5, 0.6) is 5.75 Å². The van der Waals surface area contributed by atoms with Crippen LogP contribution in [0.1, 0.15) is 19.3 Å². The smallest absolute Gasteiger partial charge is 0.241 e. The first-order chi connectivity index (χ1) is 8.38. The van der Waals surface area contributed by atoms with Gasteiger partial charge in [-0.1, -0.05) is 34.0 Å². The van der Waals surface area contributed by atoms with Gasteiger partial charge in [0.05, 0.1) is 11.6 Å². The van der Waals surface area contributed by atoms with E-state index >= 15 is 0 Å². The molecule has 0 saturated heterocycles. The topological polar surface area (TPSA) is 69.4 Å². The molecule has 4 nitrogen and oxygen atoms in total. The Labute approximate surface area is 120 Å². The van der Waals surface area contributed by atoms with Crippen LogP contribution in [0.3, 0.4) is 0 Å². The molecule has 18 heavy (non-hydrogen) atoms. The van der Waals surface area contributed by atoms with Crippen molar-refractivity contribution in [2.24, 2.45) is 11.1 Å². The number of nitrogens with two attached hydrogens (primary N) is 1. The standard InChI is InChI=1S/C11H13BrClNO3S/c12-8-4-9(13)11(10(5-8)18(14,15)16)17-6-7-2-1-3-7/h4-5,7H,1-3,6H2,(H2,14,15,16). The number of primary sulfonamides is 1. The van der Waals surface area contributed by atoms with E-state index in [1.165, 1.54) is 12.5 Å². The van der Waals surface area contributed by atoms with E-state index < -0.39 is 10.0 Å². The van der Waals surface area contributed by atoms with Gasteiger partial charge in [-0.2, -0.15) is 0 Å². The van der Waals surface area contributed by atoms with Crippen LogP contribution < -0.4 is 9.88 Å². The Kier molecular flexibility index (Phi) is 4.21. The van der Waals surface area contributed by atoms with Crippen molar-refractivity contribution in [3.63, 3.8) is 0 Å². The maximum atomic E-state index is 11.5. The summed E-state index contributed by atoms with van der Waals surface area (Å²) in [5.41, 5.74) is 0. The fourth-order valence-electron chi connectivity index (χ4n) is 1.75. The number of rotatable bonds is 4. The molecule has 2 N–H and O–H groups in total. The molecule has 100 valence electrons. The highest BCUT2D eigenvalue weighted by atomic mass is 79.9. The summed E-state index contributed by atoms with van der Waals surface area (Å²) in [5, 5.41) is 5.40.